The van der Waals surface area contributed by atoms with Crippen LogP contribution in [0.4, 0.5) is 0 Å². The molecular weight excluding hydrogens is 268 g/mol. The minimum absolute atomic E-state index is 0.988. The summed E-state index contributed by atoms with van der Waals surface area (Å²) in [5.74, 6) is 0.988. The Labute approximate surface area is 122 Å². The number of aromatic nitrogens is 3. The van der Waals surface area contributed by atoms with Gasteiger partial charge in [-0.05, 0) is 43.0 Å². The largest absolute Gasteiger partial charge is 0.306 e. The van der Waals surface area contributed by atoms with E-state index in [0.717, 1.165) is 31.8 Å². The molecular formula is C15H16N4S. The van der Waals surface area contributed by atoms with Crippen molar-refractivity contribution in [3.05, 3.63) is 39.6 Å². The molecule has 0 aromatic carbocycles. The molecule has 4 nitrogen and oxygen atoms in total. The Kier molecular flexibility index (Phi) is 2.82. The van der Waals surface area contributed by atoms with E-state index in [2.05, 4.69) is 45.9 Å². The molecule has 5 heteroatoms. The Morgan fingerprint density at radius 2 is 2.10 bits per heavy atom. The average molecular weight is 284 g/mol. The van der Waals surface area contributed by atoms with Crippen LogP contribution in [0.5, 0.6) is 0 Å². The summed E-state index contributed by atoms with van der Waals surface area (Å²) >= 11 is 1.80. The highest BCUT2D eigenvalue weighted by Gasteiger charge is 2.24. The maximum atomic E-state index is 4.37. The van der Waals surface area contributed by atoms with Crippen LogP contribution < -0.4 is 0 Å². The molecule has 0 spiro atoms. The van der Waals surface area contributed by atoms with E-state index in [0.29, 0.717) is 0 Å². The molecule has 4 heterocycles. The second kappa shape index (κ2) is 4.68. The van der Waals surface area contributed by atoms with Crippen molar-refractivity contribution in [2.24, 2.45) is 0 Å². The van der Waals surface area contributed by atoms with Gasteiger partial charge >= 0.3 is 0 Å². The zero-order valence-electron chi connectivity index (χ0n) is 11.4. The Balaban J connectivity index is 1.92. The normalized spacial score (nSPS) is 18.9. The van der Waals surface area contributed by atoms with Crippen LogP contribution in [0.15, 0.2) is 23.3 Å². The van der Waals surface area contributed by atoms with Gasteiger partial charge in [0.1, 0.15) is 6.33 Å². The number of piperidine rings is 1. The Hall–Kier alpha value is -1.72. The van der Waals surface area contributed by atoms with Gasteiger partial charge in [0.15, 0.2) is 5.82 Å². The molecule has 20 heavy (non-hydrogen) atoms. The lowest BCUT2D eigenvalue weighted by molar-refractivity contribution is 0.313. The van der Waals surface area contributed by atoms with Gasteiger partial charge in [0.05, 0.1) is 0 Å². The molecule has 1 saturated heterocycles. The zero-order valence-corrected chi connectivity index (χ0v) is 12.2. The first kappa shape index (κ1) is 12.1. The summed E-state index contributed by atoms with van der Waals surface area (Å²) in [4.78, 5) is 3.73. The highest BCUT2D eigenvalue weighted by atomic mass is 32.1. The van der Waals surface area contributed by atoms with Crippen LogP contribution >= 0.6 is 11.3 Å². The van der Waals surface area contributed by atoms with Gasteiger partial charge in [0.2, 0.25) is 0 Å². The third-order valence-corrected chi connectivity index (χ3v) is 5.03. The van der Waals surface area contributed by atoms with Crippen molar-refractivity contribution >= 4 is 29.2 Å². The molecule has 2 aromatic heterocycles. The van der Waals surface area contributed by atoms with Crippen LogP contribution in [0.25, 0.3) is 17.8 Å². The first-order valence-corrected chi connectivity index (χ1v) is 7.77. The Morgan fingerprint density at radius 3 is 2.95 bits per heavy atom. The molecule has 0 radical (unpaired) electrons. The number of likely N-dealkylation sites (tertiary alicyclic amines) is 1. The van der Waals surface area contributed by atoms with Crippen molar-refractivity contribution in [2.75, 3.05) is 20.1 Å². The van der Waals surface area contributed by atoms with Crippen LogP contribution in [0.3, 0.4) is 0 Å². The van der Waals surface area contributed by atoms with Crippen LogP contribution in [0.1, 0.15) is 29.1 Å². The first-order chi connectivity index (χ1) is 9.83. The Morgan fingerprint density at radius 1 is 1.25 bits per heavy atom. The summed E-state index contributed by atoms with van der Waals surface area (Å²) in [5.41, 5.74) is 4.12. The maximum Gasteiger partial charge on any atom is 0.169 e. The molecule has 0 saturated carbocycles. The molecule has 4 rings (SSSR count). The van der Waals surface area contributed by atoms with Gasteiger partial charge in [0.25, 0.3) is 0 Å². The van der Waals surface area contributed by atoms with Crippen LogP contribution in [0.2, 0.25) is 0 Å². The maximum absolute atomic E-state index is 4.37. The van der Waals surface area contributed by atoms with E-state index in [1.54, 1.807) is 17.7 Å². The van der Waals surface area contributed by atoms with Crippen molar-refractivity contribution in [3.63, 3.8) is 0 Å². The smallest absolute Gasteiger partial charge is 0.169 e. The van der Waals surface area contributed by atoms with E-state index in [9.17, 15) is 0 Å². The number of fused-ring (bicyclic) bond motifs is 2. The minimum Gasteiger partial charge on any atom is -0.306 e. The molecule has 2 aliphatic heterocycles. The van der Waals surface area contributed by atoms with Crippen molar-refractivity contribution in [3.8, 4) is 0 Å². The first-order valence-electron chi connectivity index (χ1n) is 6.89. The van der Waals surface area contributed by atoms with Gasteiger partial charge in [0, 0.05) is 29.7 Å². The zero-order chi connectivity index (χ0) is 13.5. The highest BCUT2D eigenvalue weighted by Crippen LogP contribution is 2.38. The van der Waals surface area contributed by atoms with Gasteiger partial charge in [-0.1, -0.05) is 5.57 Å². The lowest BCUT2D eigenvalue weighted by atomic mass is 9.95. The molecule has 0 amide bonds. The molecule has 2 aliphatic rings. The molecule has 0 aliphatic carbocycles. The third kappa shape index (κ3) is 1.85. The number of nitrogens with zero attached hydrogens (tertiary/aromatic N) is 4. The molecule has 0 atom stereocenters. The van der Waals surface area contributed by atoms with Gasteiger partial charge in [-0.3, -0.25) is 4.57 Å². The van der Waals surface area contributed by atoms with E-state index < -0.39 is 0 Å². The van der Waals surface area contributed by atoms with Crippen LogP contribution in [-0.4, -0.2) is 39.8 Å². The van der Waals surface area contributed by atoms with E-state index in [4.69, 9.17) is 0 Å². The Bertz CT molecular complexity index is 651. The number of rotatable bonds is 0. The molecule has 0 unspecified atom stereocenters. The number of hydrogen-bond acceptors (Lipinski definition) is 4. The van der Waals surface area contributed by atoms with Crippen molar-refractivity contribution in [1.29, 1.82) is 0 Å². The monoisotopic (exact) mass is 284 g/mol. The third-order valence-electron chi connectivity index (χ3n) is 4.08. The summed E-state index contributed by atoms with van der Waals surface area (Å²) in [5, 5.41) is 10.6. The van der Waals surface area contributed by atoms with Crippen LogP contribution in [0, 0.1) is 0 Å². The number of thiophene rings is 1. The average Bonchev–Trinajstić information content (AvgIpc) is 3.07. The quantitative estimate of drug-likeness (QED) is 0.636. The molecule has 0 N–H and O–H groups in total. The lowest BCUT2D eigenvalue weighted by Gasteiger charge is -2.26. The van der Waals surface area contributed by atoms with Crippen LogP contribution in [-0.2, 0) is 0 Å². The predicted molar refractivity (Wildman–Crippen MR) is 82.3 cm³/mol. The summed E-state index contributed by atoms with van der Waals surface area (Å²) in [6.45, 7) is 2.25. The van der Waals surface area contributed by atoms with Gasteiger partial charge in [-0.25, -0.2) is 0 Å². The van der Waals surface area contributed by atoms with Crippen molar-refractivity contribution in [1.82, 2.24) is 19.7 Å². The van der Waals surface area contributed by atoms with Gasteiger partial charge < -0.3 is 4.90 Å². The second-order valence-corrected chi connectivity index (χ2v) is 6.28. The summed E-state index contributed by atoms with van der Waals surface area (Å²) < 4.78 is 2.04. The summed E-state index contributed by atoms with van der Waals surface area (Å²) in [6.07, 6.45) is 8.24. The molecule has 2 aromatic rings. The summed E-state index contributed by atoms with van der Waals surface area (Å²) in [6, 6.07) is 2.19. The SMILES string of the molecule is CN1CCC(=C2c3sccc3C=Cn3cnnc32)CC1. The standard InChI is InChI=1S/C15H16N4S/c1-18-6-2-11(3-7-18)13-14-12(5-9-20-14)4-8-19-10-16-17-15(13)19/h4-5,8-10H,2-3,6-7H2,1H3. The fourth-order valence-electron chi connectivity index (χ4n) is 2.90. The van der Waals surface area contributed by atoms with E-state index in [-0.39, 0.29) is 0 Å². The number of hydrogen-bond donors (Lipinski definition) is 0. The fourth-order valence-corrected chi connectivity index (χ4v) is 3.88. The van der Waals surface area contributed by atoms with Crippen molar-refractivity contribution < 1.29 is 0 Å². The molecule has 102 valence electrons. The predicted octanol–water partition coefficient (Wildman–Crippen LogP) is 2.81. The van der Waals surface area contributed by atoms with E-state index >= 15 is 0 Å². The van der Waals surface area contributed by atoms with Gasteiger partial charge in [-0.15, -0.1) is 21.5 Å². The lowest BCUT2D eigenvalue weighted by Crippen LogP contribution is -2.27. The summed E-state index contributed by atoms with van der Waals surface area (Å²) in [7, 11) is 2.19. The fraction of sp³-hybridized carbons (Fsp3) is 0.333. The highest BCUT2D eigenvalue weighted by molar-refractivity contribution is 7.11. The molecule has 1 fully saturated rings. The second-order valence-electron chi connectivity index (χ2n) is 5.36. The van der Waals surface area contributed by atoms with Crippen molar-refractivity contribution in [2.45, 2.75) is 12.8 Å². The van der Waals surface area contributed by atoms with E-state index in [1.807, 2.05) is 4.57 Å². The topological polar surface area (TPSA) is 34.0 Å². The van der Waals surface area contributed by atoms with Gasteiger partial charge in [-0.2, -0.15) is 0 Å². The van der Waals surface area contributed by atoms with E-state index in [1.165, 1.54) is 21.6 Å². The molecule has 0 bridgehead atoms. The minimum atomic E-state index is 0.988.